The molecule has 3 heteroatoms. The summed E-state index contributed by atoms with van der Waals surface area (Å²) in [5.41, 5.74) is 1.43. The highest BCUT2D eigenvalue weighted by molar-refractivity contribution is 5.85. The van der Waals surface area contributed by atoms with Crippen LogP contribution in [0.4, 0.5) is 4.39 Å². The molecular weight excluding hydrogens is 171 g/mol. The van der Waals surface area contributed by atoms with Gasteiger partial charge in [-0.3, -0.25) is 0 Å². The highest BCUT2D eigenvalue weighted by Gasteiger charge is 1.96. The molecule has 0 saturated carbocycles. The molecule has 68 valence electrons. The first-order valence-electron chi connectivity index (χ1n) is 3.77. The molecule has 0 saturated heterocycles. The van der Waals surface area contributed by atoms with Crippen LogP contribution < -0.4 is 0 Å². The van der Waals surface area contributed by atoms with Crippen molar-refractivity contribution >= 4 is 12.0 Å². The van der Waals surface area contributed by atoms with E-state index >= 15 is 0 Å². The average molecular weight is 180 g/mol. The Labute approximate surface area is 75.3 Å². The van der Waals surface area contributed by atoms with Crippen LogP contribution in [0.2, 0.25) is 0 Å². The highest BCUT2D eigenvalue weighted by atomic mass is 19.1. The molecule has 1 aromatic rings. The van der Waals surface area contributed by atoms with Crippen LogP contribution in [0.3, 0.4) is 0 Å². The summed E-state index contributed by atoms with van der Waals surface area (Å²) in [5.74, 6) is -1.40. The predicted molar refractivity (Wildman–Crippen MR) is 47.8 cm³/mol. The van der Waals surface area contributed by atoms with Crippen molar-refractivity contribution in [2.24, 2.45) is 0 Å². The Morgan fingerprint density at radius 2 is 2.23 bits per heavy atom. The number of halogens is 1. The smallest absolute Gasteiger partial charge is 0.328 e. The fraction of sp³-hybridized carbons (Fsp3) is 0.100. The lowest BCUT2D eigenvalue weighted by atomic mass is 10.1. The molecule has 13 heavy (non-hydrogen) atoms. The van der Waals surface area contributed by atoms with Gasteiger partial charge in [0.2, 0.25) is 0 Å². The zero-order valence-corrected chi connectivity index (χ0v) is 7.12. The molecule has 0 spiro atoms. The largest absolute Gasteiger partial charge is 0.478 e. The predicted octanol–water partition coefficient (Wildman–Crippen LogP) is 2.23. The van der Waals surface area contributed by atoms with Crippen LogP contribution in [0.15, 0.2) is 24.3 Å². The maximum Gasteiger partial charge on any atom is 0.328 e. The van der Waals surface area contributed by atoms with Crippen LogP contribution in [0.1, 0.15) is 11.1 Å². The molecule has 0 aromatic heterocycles. The van der Waals surface area contributed by atoms with Crippen LogP contribution in [0.25, 0.3) is 6.08 Å². The highest BCUT2D eigenvalue weighted by Crippen LogP contribution is 2.11. The van der Waals surface area contributed by atoms with Crippen molar-refractivity contribution in [1.29, 1.82) is 0 Å². The summed E-state index contributed by atoms with van der Waals surface area (Å²) in [5, 5.41) is 8.35. The Morgan fingerprint density at radius 1 is 1.54 bits per heavy atom. The van der Waals surface area contributed by atoms with Gasteiger partial charge in [0.05, 0.1) is 0 Å². The van der Waals surface area contributed by atoms with Gasteiger partial charge < -0.3 is 5.11 Å². The Morgan fingerprint density at radius 3 is 2.85 bits per heavy atom. The number of benzene rings is 1. The number of hydrogen-bond donors (Lipinski definition) is 1. The lowest BCUT2D eigenvalue weighted by Gasteiger charge is -1.98. The van der Waals surface area contributed by atoms with Crippen molar-refractivity contribution < 1.29 is 14.3 Å². The molecule has 1 N–H and O–H groups in total. The van der Waals surface area contributed by atoms with Crippen molar-refractivity contribution in [3.05, 3.63) is 41.2 Å². The van der Waals surface area contributed by atoms with Gasteiger partial charge in [-0.2, -0.15) is 0 Å². The number of aliphatic carboxylic acids is 1. The summed E-state index contributed by atoms with van der Waals surface area (Å²) in [6.07, 6.45) is 2.36. The summed E-state index contributed by atoms with van der Waals surface area (Å²) >= 11 is 0. The topological polar surface area (TPSA) is 37.3 Å². The minimum absolute atomic E-state index is 0.365. The Bertz CT molecular complexity index is 356. The molecule has 0 fully saturated rings. The second-order valence-corrected chi connectivity index (χ2v) is 2.67. The third kappa shape index (κ3) is 2.71. The first kappa shape index (κ1) is 9.45. The van der Waals surface area contributed by atoms with Crippen molar-refractivity contribution in [2.45, 2.75) is 6.92 Å². The van der Waals surface area contributed by atoms with Crippen LogP contribution in [-0.2, 0) is 4.79 Å². The SMILES string of the molecule is Cc1ccc(F)cc1C=CC(=O)O. The molecule has 1 rings (SSSR count). The average Bonchev–Trinajstić information content (AvgIpc) is 2.06. The minimum atomic E-state index is -1.04. The molecule has 0 aliphatic heterocycles. The number of carbonyl (C=O) groups is 1. The lowest BCUT2D eigenvalue weighted by Crippen LogP contribution is -1.88. The summed E-state index contributed by atoms with van der Waals surface area (Å²) in [6.45, 7) is 1.79. The van der Waals surface area contributed by atoms with E-state index in [-0.39, 0.29) is 5.82 Å². The van der Waals surface area contributed by atoms with E-state index in [1.807, 2.05) is 0 Å². The van der Waals surface area contributed by atoms with Gasteiger partial charge in [0.15, 0.2) is 0 Å². The Balaban J connectivity index is 3.00. The van der Waals surface area contributed by atoms with E-state index in [0.717, 1.165) is 11.6 Å². The third-order valence-electron chi connectivity index (χ3n) is 1.65. The monoisotopic (exact) mass is 180 g/mol. The normalized spacial score (nSPS) is 10.6. The number of aryl methyl sites for hydroxylation is 1. The van der Waals surface area contributed by atoms with Crippen LogP contribution in [0.5, 0.6) is 0 Å². The molecule has 0 aliphatic carbocycles. The van der Waals surface area contributed by atoms with Gasteiger partial charge in [-0.1, -0.05) is 6.07 Å². The van der Waals surface area contributed by atoms with E-state index in [1.165, 1.54) is 18.2 Å². The molecule has 0 bridgehead atoms. The van der Waals surface area contributed by atoms with Crippen molar-refractivity contribution in [3.8, 4) is 0 Å². The van der Waals surface area contributed by atoms with E-state index in [9.17, 15) is 9.18 Å². The third-order valence-corrected chi connectivity index (χ3v) is 1.65. The zero-order chi connectivity index (χ0) is 9.84. The summed E-state index contributed by atoms with van der Waals surface area (Å²) in [7, 11) is 0. The summed E-state index contributed by atoms with van der Waals surface area (Å²) in [4.78, 5) is 10.2. The van der Waals surface area contributed by atoms with Gasteiger partial charge in [-0.25, -0.2) is 9.18 Å². The second-order valence-electron chi connectivity index (χ2n) is 2.67. The second kappa shape index (κ2) is 3.85. The lowest BCUT2D eigenvalue weighted by molar-refractivity contribution is -0.131. The first-order valence-corrected chi connectivity index (χ1v) is 3.77. The van der Waals surface area contributed by atoms with Crippen LogP contribution in [-0.4, -0.2) is 11.1 Å². The standard InChI is InChI=1S/C10H9FO2/c1-7-2-4-9(11)6-8(7)3-5-10(12)13/h2-6H,1H3,(H,12,13). The van der Waals surface area contributed by atoms with Gasteiger partial charge in [-0.15, -0.1) is 0 Å². The van der Waals surface area contributed by atoms with Gasteiger partial charge in [0.25, 0.3) is 0 Å². The maximum atomic E-state index is 12.7. The van der Waals surface area contributed by atoms with Crippen molar-refractivity contribution in [1.82, 2.24) is 0 Å². The van der Waals surface area contributed by atoms with Gasteiger partial charge >= 0.3 is 5.97 Å². The molecular formula is C10H9FO2. The van der Waals surface area contributed by atoms with Gasteiger partial charge in [0, 0.05) is 6.08 Å². The molecule has 2 nitrogen and oxygen atoms in total. The van der Waals surface area contributed by atoms with Crippen molar-refractivity contribution in [2.75, 3.05) is 0 Å². The number of carboxylic acids is 1. The maximum absolute atomic E-state index is 12.7. The quantitative estimate of drug-likeness (QED) is 0.708. The van der Waals surface area contributed by atoms with E-state index in [0.29, 0.717) is 5.56 Å². The zero-order valence-electron chi connectivity index (χ0n) is 7.12. The fourth-order valence-corrected chi connectivity index (χ4v) is 0.952. The van der Waals surface area contributed by atoms with Crippen molar-refractivity contribution in [3.63, 3.8) is 0 Å². The fourth-order valence-electron chi connectivity index (χ4n) is 0.952. The van der Waals surface area contributed by atoms with E-state index in [2.05, 4.69) is 0 Å². The number of hydrogen-bond acceptors (Lipinski definition) is 1. The van der Waals surface area contributed by atoms with Gasteiger partial charge in [0.1, 0.15) is 5.82 Å². The molecule has 1 aromatic carbocycles. The number of rotatable bonds is 2. The Hall–Kier alpha value is -1.64. The van der Waals surface area contributed by atoms with Gasteiger partial charge in [-0.05, 0) is 36.3 Å². The first-order chi connectivity index (χ1) is 6.09. The Kier molecular flexibility index (Phi) is 2.80. The molecule has 0 radical (unpaired) electrons. The van der Waals surface area contributed by atoms with E-state index < -0.39 is 5.97 Å². The molecule has 0 amide bonds. The molecule has 0 heterocycles. The molecule has 0 aliphatic rings. The summed E-state index contributed by atoms with van der Waals surface area (Å²) < 4.78 is 12.7. The van der Waals surface area contributed by atoms with E-state index in [4.69, 9.17) is 5.11 Å². The number of carboxylic acid groups (broad SMARTS) is 1. The van der Waals surface area contributed by atoms with E-state index in [1.54, 1.807) is 13.0 Å². The minimum Gasteiger partial charge on any atom is -0.478 e. The van der Waals surface area contributed by atoms with Crippen LogP contribution in [0, 0.1) is 12.7 Å². The van der Waals surface area contributed by atoms with Crippen LogP contribution >= 0.6 is 0 Å². The summed E-state index contributed by atoms with van der Waals surface area (Å²) in [6, 6.07) is 4.25. The molecule has 0 atom stereocenters. The molecule has 0 unspecified atom stereocenters.